The number of rotatable bonds is 2. The van der Waals surface area contributed by atoms with Crippen LogP contribution in [0.25, 0.3) is 0 Å². The van der Waals surface area contributed by atoms with Crippen LogP contribution in [0.1, 0.15) is 12.8 Å². The first-order valence-corrected chi connectivity index (χ1v) is 6.34. The minimum Gasteiger partial charge on any atom is -0.351 e. The van der Waals surface area contributed by atoms with Crippen molar-refractivity contribution in [1.82, 2.24) is 16.0 Å². The van der Waals surface area contributed by atoms with Crippen LogP contribution in [0.5, 0.6) is 0 Å². The Hall–Kier alpha value is -0.260. The zero-order valence-corrected chi connectivity index (χ0v) is 9.03. The number of nitrogens with one attached hydrogen (secondary N) is 3. The van der Waals surface area contributed by atoms with Gasteiger partial charge in [0.05, 0.1) is 6.04 Å². The summed E-state index contributed by atoms with van der Waals surface area (Å²) in [7, 11) is 0. The second kappa shape index (κ2) is 5.00. The van der Waals surface area contributed by atoms with Crippen LogP contribution >= 0.6 is 11.8 Å². The summed E-state index contributed by atoms with van der Waals surface area (Å²) in [6.45, 7) is 2.01. The molecule has 2 rings (SSSR count). The van der Waals surface area contributed by atoms with Gasteiger partial charge in [0.25, 0.3) is 0 Å². The number of carbonyl (C=O) groups excluding carboxylic acids is 1. The smallest absolute Gasteiger partial charge is 0.238 e. The van der Waals surface area contributed by atoms with Gasteiger partial charge in [-0.3, -0.25) is 10.1 Å². The minimum atomic E-state index is 0.0296. The Morgan fingerprint density at radius 3 is 3.07 bits per heavy atom. The number of hydrogen-bond donors (Lipinski definition) is 3. The van der Waals surface area contributed by atoms with Crippen molar-refractivity contribution in [2.75, 3.05) is 24.7 Å². The molecule has 0 bridgehead atoms. The van der Waals surface area contributed by atoms with Crippen molar-refractivity contribution in [1.29, 1.82) is 0 Å². The first-order valence-electron chi connectivity index (χ1n) is 5.18. The Morgan fingerprint density at radius 1 is 1.50 bits per heavy atom. The highest BCUT2D eigenvalue weighted by molar-refractivity contribution is 7.99. The number of amides is 1. The van der Waals surface area contributed by atoms with Crippen molar-refractivity contribution in [2.45, 2.75) is 24.9 Å². The maximum absolute atomic E-state index is 11.7. The van der Waals surface area contributed by atoms with Gasteiger partial charge in [-0.05, 0) is 19.4 Å². The maximum atomic E-state index is 11.7. The van der Waals surface area contributed by atoms with Crippen molar-refractivity contribution < 1.29 is 4.79 Å². The molecule has 4 nitrogen and oxygen atoms in total. The first kappa shape index (κ1) is 10.3. The minimum absolute atomic E-state index is 0.0296. The average molecular weight is 215 g/mol. The van der Waals surface area contributed by atoms with Crippen molar-refractivity contribution in [2.24, 2.45) is 0 Å². The Morgan fingerprint density at radius 2 is 2.43 bits per heavy atom. The van der Waals surface area contributed by atoms with Gasteiger partial charge in [0.1, 0.15) is 0 Å². The van der Waals surface area contributed by atoms with Crippen LogP contribution in [-0.4, -0.2) is 42.7 Å². The van der Waals surface area contributed by atoms with E-state index in [2.05, 4.69) is 16.0 Å². The van der Waals surface area contributed by atoms with Crippen molar-refractivity contribution >= 4 is 17.7 Å². The standard InChI is InChI=1S/C9H17N3OS/c13-9(8-5-14-6-11-8)12-7-2-1-3-10-4-7/h7-8,10-11H,1-6H2,(H,12,13)/t7?,8-/m1/s1. The zero-order valence-electron chi connectivity index (χ0n) is 8.21. The van der Waals surface area contributed by atoms with Crippen LogP contribution in [0.3, 0.4) is 0 Å². The lowest BCUT2D eigenvalue weighted by Crippen LogP contribution is -2.51. The maximum Gasteiger partial charge on any atom is 0.238 e. The molecule has 0 radical (unpaired) electrons. The fraction of sp³-hybridized carbons (Fsp3) is 0.889. The molecule has 1 unspecified atom stereocenters. The molecule has 0 aromatic heterocycles. The third-order valence-corrected chi connectivity index (χ3v) is 3.62. The van der Waals surface area contributed by atoms with Gasteiger partial charge in [-0.2, -0.15) is 0 Å². The molecule has 14 heavy (non-hydrogen) atoms. The molecule has 0 aliphatic carbocycles. The number of thioether (sulfide) groups is 1. The van der Waals surface area contributed by atoms with E-state index < -0.39 is 0 Å². The molecule has 0 saturated carbocycles. The fourth-order valence-electron chi connectivity index (χ4n) is 1.84. The monoisotopic (exact) mass is 215 g/mol. The number of carbonyl (C=O) groups is 1. The van der Waals surface area contributed by atoms with Gasteiger partial charge in [-0.25, -0.2) is 0 Å². The van der Waals surface area contributed by atoms with E-state index >= 15 is 0 Å². The molecule has 2 atom stereocenters. The summed E-state index contributed by atoms with van der Waals surface area (Å²) in [5.74, 6) is 1.98. The average Bonchev–Trinajstić information content (AvgIpc) is 2.72. The lowest BCUT2D eigenvalue weighted by molar-refractivity contribution is -0.123. The lowest BCUT2D eigenvalue weighted by atomic mass is 10.1. The van der Waals surface area contributed by atoms with Crippen molar-refractivity contribution in [3.8, 4) is 0 Å². The van der Waals surface area contributed by atoms with E-state index in [0.717, 1.165) is 37.6 Å². The topological polar surface area (TPSA) is 53.2 Å². The van der Waals surface area contributed by atoms with Crippen LogP contribution in [0, 0.1) is 0 Å². The molecule has 0 aromatic rings. The van der Waals surface area contributed by atoms with E-state index in [-0.39, 0.29) is 11.9 Å². The van der Waals surface area contributed by atoms with E-state index in [1.165, 1.54) is 0 Å². The molecule has 1 amide bonds. The van der Waals surface area contributed by atoms with E-state index in [4.69, 9.17) is 0 Å². The lowest BCUT2D eigenvalue weighted by Gasteiger charge is -2.25. The second-order valence-corrected chi connectivity index (χ2v) is 4.85. The van der Waals surface area contributed by atoms with Gasteiger partial charge in [-0.15, -0.1) is 11.8 Å². The van der Waals surface area contributed by atoms with Gasteiger partial charge in [0.2, 0.25) is 5.91 Å². The van der Waals surface area contributed by atoms with Gasteiger partial charge in [-0.1, -0.05) is 0 Å². The van der Waals surface area contributed by atoms with Crippen LogP contribution in [-0.2, 0) is 4.79 Å². The Labute approximate surface area is 88.6 Å². The molecule has 0 aromatic carbocycles. The highest BCUT2D eigenvalue weighted by Gasteiger charge is 2.24. The quantitative estimate of drug-likeness (QED) is 0.582. The molecule has 0 spiro atoms. The summed E-state index contributed by atoms with van der Waals surface area (Å²) in [6.07, 6.45) is 2.27. The molecule has 3 N–H and O–H groups in total. The number of hydrogen-bond acceptors (Lipinski definition) is 4. The normalized spacial score (nSPS) is 32.9. The van der Waals surface area contributed by atoms with Crippen molar-refractivity contribution in [3.05, 3.63) is 0 Å². The highest BCUT2D eigenvalue weighted by Crippen LogP contribution is 2.10. The molecular weight excluding hydrogens is 198 g/mol. The third-order valence-electron chi connectivity index (χ3n) is 2.68. The molecule has 2 heterocycles. The summed E-state index contributed by atoms with van der Waals surface area (Å²) in [6, 6.07) is 0.366. The molecule has 2 fully saturated rings. The predicted molar refractivity (Wildman–Crippen MR) is 58.3 cm³/mol. The molecule has 5 heteroatoms. The van der Waals surface area contributed by atoms with Gasteiger partial charge in [0, 0.05) is 24.2 Å². The van der Waals surface area contributed by atoms with Crippen LogP contribution in [0.4, 0.5) is 0 Å². The van der Waals surface area contributed by atoms with E-state index in [0.29, 0.717) is 6.04 Å². The van der Waals surface area contributed by atoms with Crippen LogP contribution in [0.2, 0.25) is 0 Å². The second-order valence-electron chi connectivity index (χ2n) is 3.82. The summed E-state index contributed by atoms with van der Waals surface area (Å²) in [5, 5.41) is 9.55. The van der Waals surface area contributed by atoms with Crippen LogP contribution in [0.15, 0.2) is 0 Å². The van der Waals surface area contributed by atoms with Gasteiger partial charge in [0.15, 0.2) is 0 Å². The molecule has 2 saturated heterocycles. The van der Waals surface area contributed by atoms with Crippen molar-refractivity contribution in [3.63, 3.8) is 0 Å². The first-order chi connectivity index (χ1) is 6.86. The summed E-state index contributed by atoms with van der Waals surface area (Å²) in [5.41, 5.74) is 0. The van der Waals surface area contributed by atoms with E-state index in [1.54, 1.807) is 11.8 Å². The van der Waals surface area contributed by atoms with E-state index in [9.17, 15) is 4.79 Å². The SMILES string of the molecule is O=C(NC1CCCNC1)[C@H]1CSCN1. The largest absolute Gasteiger partial charge is 0.351 e. The molecule has 80 valence electrons. The molecule has 2 aliphatic rings. The number of piperidine rings is 1. The molecular formula is C9H17N3OS. The molecule has 2 aliphatic heterocycles. The van der Waals surface area contributed by atoms with Gasteiger partial charge >= 0.3 is 0 Å². The predicted octanol–water partition coefficient (Wildman–Crippen LogP) is -0.483. The zero-order chi connectivity index (χ0) is 9.80. The fourth-order valence-corrected chi connectivity index (χ4v) is 2.78. The van der Waals surface area contributed by atoms with E-state index in [1.807, 2.05) is 0 Å². The highest BCUT2D eigenvalue weighted by atomic mass is 32.2. The van der Waals surface area contributed by atoms with Gasteiger partial charge < -0.3 is 10.6 Å². The Balaban J connectivity index is 1.75. The third kappa shape index (κ3) is 2.62. The summed E-state index contributed by atoms with van der Waals surface area (Å²) >= 11 is 1.78. The Kier molecular flexibility index (Phi) is 3.67. The Bertz CT molecular complexity index is 200. The summed E-state index contributed by atoms with van der Waals surface area (Å²) in [4.78, 5) is 11.7. The summed E-state index contributed by atoms with van der Waals surface area (Å²) < 4.78 is 0. The van der Waals surface area contributed by atoms with Crippen LogP contribution < -0.4 is 16.0 Å².